The summed E-state index contributed by atoms with van der Waals surface area (Å²) in [6, 6.07) is 7.50. The third kappa shape index (κ3) is 2.81. The van der Waals surface area contributed by atoms with Crippen molar-refractivity contribution in [2.75, 3.05) is 11.5 Å². The first-order valence-corrected chi connectivity index (χ1v) is 8.72. The van der Waals surface area contributed by atoms with E-state index in [1.165, 1.54) is 35.5 Å². The van der Waals surface area contributed by atoms with E-state index in [-0.39, 0.29) is 5.41 Å². The van der Waals surface area contributed by atoms with Gasteiger partial charge in [-0.05, 0) is 53.7 Å². The number of hydrogen-bond donors (Lipinski definition) is 1. The van der Waals surface area contributed by atoms with E-state index >= 15 is 0 Å². The fraction of sp³-hybridized carbons (Fsp3) is 0.625. The predicted molar refractivity (Wildman–Crippen MR) is 85.2 cm³/mol. The molecule has 0 amide bonds. The molecule has 2 unspecified atom stereocenters. The van der Waals surface area contributed by atoms with Crippen LogP contribution in [0, 0.1) is 5.41 Å². The maximum Gasteiger partial charge on any atom is 0.0409 e. The van der Waals surface area contributed by atoms with Gasteiger partial charge in [-0.1, -0.05) is 31.5 Å². The Kier molecular flexibility index (Phi) is 3.85. The lowest BCUT2D eigenvalue weighted by molar-refractivity contribution is 0.248. The van der Waals surface area contributed by atoms with Gasteiger partial charge in [0.2, 0.25) is 0 Å². The number of nitrogens with one attached hydrogen (secondary N) is 1. The van der Waals surface area contributed by atoms with Crippen LogP contribution in [0.3, 0.4) is 0 Å². The van der Waals surface area contributed by atoms with Crippen molar-refractivity contribution in [1.82, 2.24) is 5.32 Å². The van der Waals surface area contributed by atoms with Crippen LogP contribution < -0.4 is 5.32 Å². The van der Waals surface area contributed by atoms with Gasteiger partial charge in [-0.15, -0.1) is 0 Å². The average Bonchev–Trinajstić information content (AvgIpc) is 2.62. The highest BCUT2D eigenvalue weighted by atomic mass is 35.5. The van der Waals surface area contributed by atoms with Crippen molar-refractivity contribution in [1.29, 1.82) is 0 Å². The van der Waals surface area contributed by atoms with Crippen LogP contribution in [0.2, 0.25) is 5.02 Å². The highest BCUT2D eigenvalue weighted by Crippen LogP contribution is 2.46. The van der Waals surface area contributed by atoms with Crippen molar-refractivity contribution in [2.45, 2.75) is 45.2 Å². The topological polar surface area (TPSA) is 12.0 Å². The molecule has 3 rings (SSSR count). The third-order valence-electron chi connectivity index (χ3n) is 4.41. The summed E-state index contributed by atoms with van der Waals surface area (Å²) >= 11 is 8.28. The van der Waals surface area contributed by atoms with E-state index in [9.17, 15) is 0 Å². The minimum Gasteiger partial charge on any atom is -0.306 e. The van der Waals surface area contributed by atoms with Crippen molar-refractivity contribution in [3.05, 3.63) is 34.3 Å². The molecule has 0 bridgehead atoms. The Bertz CT molecular complexity index is 466. The van der Waals surface area contributed by atoms with Gasteiger partial charge in [0.05, 0.1) is 0 Å². The summed E-state index contributed by atoms with van der Waals surface area (Å²) in [6.07, 6.45) is 3.81. The molecule has 2 aliphatic rings. The van der Waals surface area contributed by atoms with E-state index in [1.54, 1.807) is 0 Å². The molecule has 0 spiro atoms. The lowest BCUT2D eigenvalue weighted by atomic mass is 9.85. The van der Waals surface area contributed by atoms with Gasteiger partial charge >= 0.3 is 0 Å². The molecule has 2 atom stereocenters. The number of benzene rings is 1. The molecule has 1 aliphatic heterocycles. The SMILES string of the molecule is CC1(C)Cc2ccc(Cl)cc2C1NC1CCCSC1. The highest BCUT2D eigenvalue weighted by molar-refractivity contribution is 7.99. The zero-order chi connectivity index (χ0) is 13.5. The molecule has 0 radical (unpaired) electrons. The van der Waals surface area contributed by atoms with Crippen LogP contribution >= 0.6 is 23.4 Å². The third-order valence-corrected chi connectivity index (χ3v) is 5.86. The second-order valence-corrected chi connectivity index (χ2v) is 8.11. The van der Waals surface area contributed by atoms with Gasteiger partial charge in [-0.2, -0.15) is 11.8 Å². The van der Waals surface area contributed by atoms with Crippen LogP contribution in [-0.4, -0.2) is 17.5 Å². The average molecular weight is 296 g/mol. The van der Waals surface area contributed by atoms with E-state index in [0.29, 0.717) is 12.1 Å². The predicted octanol–water partition coefficient (Wildman–Crippen LogP) is 4.45. The quantitative estimate of drug-likeness (QED) is 0.865. The molecule has 1 aliphatic carbocycles. The molecule has 19 heavy (non-hydrogen) atoms. The van der Waals surface area contributed by atoms with Gasteiger partial charge < -0.3 is 5.32 Å². The standard InChI is InChI=1S/C16H22ClNS/c1-16(2)9-11-5-6-12(17)8-14(11)15(16)18-13-4-3-7-19-10-13/h5-6,8,13,15,18H,3-4,7,9-10H2,1-2H3. The Hall–Kier alpha value is -0.180. The van der Waals surface area contributed by atoms with Gasteiger partial charge in [-0.25, -0.2) is 0 Å². The second kappa shape index (κ2) is 5.31. The van der Waals surface area contributed by atoms with Crippen LogP contribution in [0.5, 0.6) is 0 Å². The minimum atomic E-state index is 0.287. The normalized spacial score (nSPS) is 29.2. The summed E-state index contributed by atoms with van der Waals surface area (Å²) in [5, 5.41) is 4.77. The van der Waals surface area contributed by atoms with Crippen LogP contribution in [0.25, 0.3) is 0 Å². The van der Waals surface area contributed by atoms with Crippen LogP contribution in [0.4, 0.5) is 0 Å². The van der Waals surface area contributed by atoms with Crippen LogP contribution in [0.1, 0.15) is 43.9 Å². The summed E-state index contributed by atoms with van der Waals surface area (Å²) in [6.45, 7) is 4.74. The number of halogens is 1. The van der Waals surface area contributed by atoms with E-state index in [2.05, 4.69) is 43.1 Å². The molecule has 0 aromatic heterocycles. The molecular weight excluding hydrogens is 274 g/mol. The van der Waals surface area contributed by atoms with Crippen molar-refractivity contribution in [3.63, 3.8) is 0 Å². The van der Waals surface area contributed by atoms with Gasteiger partial charge in [0.25, 0.3) is 0 Å². The minimum absolute atomic E-state index is 0.287. The van der Waals surface area contributed by atoms with Crippen molar-refractivity contribution in [2.24, 2.45) is 5.41 Å². The molecule has 1 nitrogen and oxygen atoms in total. The van der Waals surface area contributed by atoms with Crippen LogP contribution in [-0.2, 0) is 6.42 Å². The smallest absolute Gasteiger partial charge is 0.0409 e. The number of rotatable bonds is 2. The molecule has 1 aromatic rings. The molecule has 1 saturated heterocycles. The largest absolute Gasteiger partial charge is 0.306 e. The Morgan fingerprint density at radius 3 is 2.95 bits per heavy atom. The second-order valence-electron chi connectivity index (χ2n) is 6.52. The maximum absolute atomic E-state index is 6.19. The van der Waals surface area contributed by atoms with E-state index < -0.39 is 0 Å². The first-order valence-electron chi connectivity index (χ1n) is 7.18. The van der Waals surface area contributed by atoms with Crippen molar-refractivity contribution < 1.29 is 0 Å². The Labute approximate surface area is 125 Å². The van der Waals surface area contributed by atoms with Gasteiger partial charge in [0.15, 0.2) is 0 Å². The lowest BCUT2D eigenvalue weighted by Crippen LogP contribution is -2.41. The van der Waals surface area contributed by atoms with E-state index in [1.807, 2.05) is 6.07 Å². The van der Waals surface area contributed by atoms with Crippen molar-refractivity contribution >= 4 is 23.4 Å². The van der Waals surface area contributed by atoms with Gasteiger partial charge in [0, 0.05) is 22.9 Å². The maximum atomic E-state index is 6.19. The molecule has 3 heteroatoms. The summed E-state index contributed by atoms with van der Waals surface area (Å²) in [5.74, 6) is 2.58. The number of thioether (sulfide) groups is 1. The van der Waals surface area contributed by atoms with E-state index in [4.69, 9.17) is 11.6 Å². The molecule has 1 fully saturated rings. The molecule has 1 N–H and O–H groups in total. The van der Waals surface area contributed by atoms with Gasteiger partial charge in [-0.3, -0.25) is 0 Å². The number of hydrogen-bond acceptors (Lipinski definition) is 2. The molecule has 104 valence electrons. The Morgan fingerprint density at radius 2 is 2.21 bits per heavy atom. The summed E-state index contributed by atoms with van der Waals surface area (Å²) < 4.78 is 0. The van der Waals surface area contributed by atoms with Crippen LogP contribution in [0.15, 0.2) is 18.2 Å². The zero-order valence-corrected chi connectivity index (χ0v) is 13.3. The monoisotopic (exact) mass is 295 g/mol. The molecule has 1 aromatic carbocycles. The Balaban J connectivity index is 1.84. The summed E-state index contributed by atoms with van der Waals surface area (Å²) in [7, 11) is 0. The zero-order valence-electron chi connectivity index (χ0n) is 11.7. The first kappa shape index (κ1) is 13.8. The van der Waals surface area contributed by atoms with Gasteiger partial charge in [0.1, 0.15) is 0 Å². The van der Waals surface area contributed by atoms with E-state index in [0.717, 1.165) is 11.4 Å². The fourth-order valence-electron chi connectivity index (χ4n) is 3.43. The first-order chi connectivity index (χ1) is 9.06. The molecule has 0 saturated carbocycles. The Morgan fingerprint density at radius 1 is 1.37 bits per heavy atom. The fourth-order valence-corrected chi connectivity index (χ4v) is 4.70. The number of fused-ring (bicyclic) bond motifs is 1. The summed E-state index contributed by atoms with van der Waals surface area (Å²) in [5.41, 5.74) is 3.18. The van der Waals surface area contributed by atoms with Crippen molar-refractivity contribution in [3.8, 4) is 0 Å². The summed E-state index contributed by atoms with van der Waals surface area (Å²) in [4.78, 5) is 0. The molecule has 1 heterocycles. The highest BCUT2D eigenvalue weighted by Gasteiger charge is 2.39. The lowest BCUT2D eigenvalue weighted by Gasteiger charge is -2.34. The molecular formula is C16H22ClNS.